The van der Waals surface area contributed by atoms with Crippen LogP contribution in [0.3, 0.4) is 0 Å². The molecule has 0 fully saturated rings. The fourth-order valence-corrected chi connectivity index (χ4v) is 2.35. The third-order valence-electron chi connectivity index (χ3n) is 3.57. The normalized spacial score (nSPS) is 11.9. The Morgan fingerprint density at radius 1 is 1.27 bits per heavy atom. The average molecular weight is 301 g/mol. The summed E-state index contributed by atoms with van der Waals surface area (Å²) in [4.78, 5) is 23.1. The Labute approximate surface area is 128 Å². The molecule has 2 aromatic rings. The molecule has 1 unspecified atom stereocenters. The standard InChI is InChI=1S/C17H19NO4/c1-3-15(17(20)21)18-16(19)9-12-6-4-5-11-7-8-13(22-2)10-14(11)12/h4-8,10,15H,3,9H2,1-2H3,(H,18,19)(H,20,21). The third-order valence-corrected chi connectivity index (χ3v) is 3.57. The van der Waals surface area contributed by atoms with Crippen LogP contribution in [0.15, 0.2) is 36.4 Å². The minimum absolute atomic E-state index is 0.133. The van der Waals surface area contributed by atoms with Crippen LogP contribution in [0.25, 0.3) is 10.8 Å². The molecule has 0 spiro atoms. The highest BCUT2D eigenvalue weighted by atomic mass is 16.5. The van der Waals surface area contributed by atoms with Crippen LogP contribution in [0.1, 0.15) is 18.9 Å². The van der Waals surface area contributed by atoms with Gasteiger partial charge in [-0.3, -0.25) is 4.79 Å². The van der Waals surface area contributed by atoms with E-state index in [0.29, 0.717) is 6.42 Å². The molecule has 0 saturated carbocycles. The molecule has 0 aliphatic heterocycles. The zero-order valence-electron chi connectivity index (χ0n) is 12.6. The van der Waals surface area contributed by atoms with Crippen molar-refractivity contribution >= 4 is 22.6 Å². The third kappa shape index (κ3) is 3.55. The molecule has 0 bridgehead atoms. The van der Waals surface area contributed by atoms with Crippen molar-refractivity contribution in [2.24, 2.45) is 0 Å². The first kappa shape index (κ1) is 15.8. The minimum atomic E-state index is -1.02. The minimum Gasteiger partial charge on any atom is -0.497 e. The van der Waals surface area contributed by atoms with E-state index in [2.05, 4.69) is 5.32 Å². The molecule has 2 N–H and O–H groups in total. The molecular weight excluding hydrogens is 282 g/mol. The Hall–Kier alpha value is -2.56. The number of carbonyl (C=O) groups excluding carboxylic acids is 1. The number of ether oxygens (including phenoxy) is 1. The van der Waals surface area contributed by atoms with Crippen LogP contribution in [-0.2, 0) is 16.0 Å². The van der Waals surface area contributed by atoms with E-state index >= 15 is 0 Å². The maximum atomic E-state index is 12.1. The first-order chi connectivity index (χ1) is 10.5. The van der Waals surface area contributed by atoms with E-state index in [1.165, 1.54) is 0 Å². The first-order valence-corrected chi connectivity index (χ1v) is 7.13. The number of hydrogen-bond donors (Lipinski definition) is 2. The molecule has 2 rings (SSSR count). The quantitative estimate of drug-likeness (QED) is 0.859. The molecule has 1 atom stereocenters. The maximum absolute atomic E-state index is 12.1. The molecule has 22 heavy (non-hydrogen) atoms. The molecule has 5 heteroatoms. The zero-order chi connectivity index (χ0) is 16.1. The van der Waals surface area contributed by atoms with Gasteiger partial charge in [-0.1, -0.05) is 31.2 Å². The summed E-state index contributed by atoms with van der Waals surface area (Å²) in [5.74, 6) is -0.600. The van der Waals surface area contributed by atoms with Gasteiger partial charge >= 0.3 is 5.97 Å². The fourth-order valence-electron chi connectivity index (χ4n) is 2.35. The molecule has 0 aromatic heterocycles. The first-order valence-electron chi connectivity index (χ1n) is 7.13. The predicted molar refractivity (Wildman–Crippen MR) is 84.1 cm³/mol. The van der Waals surface area contributed by atoms with Crippen LogP contribution >= 0.6 is 0 Å². The smallest absolute Gasteiger partial charge is 0.326 e. The van der Waals surface area contributed by atoms with Crippen molar-refractivity contribution in [2.75, 3.05) is 7.11 Å². The molecule has 1 amide bonds. The Morgan fingerprint density at radius 2 is 2.05 bits per heavy atom. The lowest BCUT2D eigenvalue weighted by molar-refractivity contribution is -0.141. The van der Waals surface area contributed by atoms with Gasteiger partial charge in [0.2, 0.25) is 5.91 Å². The van der Waals surface area contributed by atoms with Crippen molar-refractivity contribution in [3.05, 3.63) is 42.0 Å². The molecule has 5 nitrogen and oxygen atoms in total. The number of carboxylic acid groups (broad SMARTS) is 1. The summed E-state index contributed by atoms with van der Waals surface area (Å²) in [7, 11) is 1.59. The van der Waals surface area contributed by atoms with Crippen molar-refractivity contribution in [1.82, 2.24) is 5.32 Å². The Balaban J connectivity index is 2.23. The lowest BCUT2D eigenvalue weighted by Gasteiger charge is -2.13. The highest BCUT2D eigenvalue weighted by Gasteiger charge is 2.18. The van der Waals surface area contributed by atoms with E-state index in [-0.39, 0.29) is 12.3 Å². The lowest BCUT2D eigenvalue weighted by Crippen LogP contribution is -2.40. The van der Waals surface area contributed by atoms with E-state index in [1.807, 2.05) is 36.4 Å². The number of carboxylic acids is 1. The molecule has 0 aliphatic rings. The Morgan fingerprint density at radius 3 is 2.68 bits per heavy atom. The van der Waals surface area contributed by atoms with Crippen molar-refractivity contribution < 1.29 is 19.4 Å². The summed E-state index contributed by atoms with van der Waals surface area (Å²) in [5, 5.41) is 13.5. The zero-order valence-corrected chi connectivity index (χ0v) is 12.6. The van der Waals surface area contributed by atoms with E-state index in [9.17, 15) is 9.59 Å². The number of aliphatic carboxylic acids is 1. The molecule has 116 valence electrons. The van der Waals surface area contributed by atoms with Gasteiger partial charge in [0.25, 0.3) is 0 Å². The van der Waals surface area contributed by atoms with Gasteiger partial charge in [0.1, 0.15) is 11.8 Å². The van der Waals surface area contributed by atoms with Gasteiger partial charge in [0.05, 0.1) is 13.5 Å². The molecule has 2 aromatic carbocycles. The number of carbonyl (C=O) groups is 2. The summed E-state index contributed by atoms with van der Waals surface area (Å²) in [6.07, 6.45) is 0.485. The summed E-state index contributed by atoms with van der Waals surface area (Å²) < 4.78 is 5.22. The van der Waals surface area contributed by atoms with Crippen LogP contribution < -0.4 is 10.1 Å². The van der Waals surface area contributed by atoms with E-state index < -0.39 is 12.0 Å². The van der Waals surface area contributed by atoms with Gasteiger partial charge in [-0.2, -0.15) is 0 Å². The number of methoxy groups -OCH3 is 1. The molecule has 0 heterocycles. The predicted octanol–water partition coefficient (Wildman–Crippen LogP) is 2.37. The SMILES string of the molecule is CCC(NC(=O)Cc1cccc2ccc(OC)cc12)C(=O)O. The number of rotatable bonds is 6. The number of nitrogens with one attached hydrogen (secondary N) is 1. The van der Waals surface area contributed by atoms with Gasteiger partial charge in [0.15, 0.2) is 0 Å². The molecule has 0 saturated heterocycles. The lowest BCUT2D eigenvalue weighted by atomic mass is 10.0. The van der Waals surface area contributed by atoms with Crippen LogP contribution in [0.2, 0.25) is 0 Å². The van der Waals surface area contributed by atoms with Gasteiger partial charge < -0.3 is 15.2 Å². The fraction of sp³-hybridized carbons (Fsp3) is 0.294. The van der Waals surface area contributed by atoms with E-state index in [4.69, 9.17) is 9.84 Å². The number of benzene rings is 2. The topological polar surface area (TPSA) is 75.6 Å². The molecular formula is C17H19NO4. The van der Waals surface area contributed by atoms with Gasteiger partial charge in [-0.25, -0.2) is 4.79 Å². The van der Waals surface area contributed by atoms with Gasteiger partial charge in [-0.05, 0) is 34.9 Å². The van der Waals surface area contributed by atoms with Gasteiger partial charge in [0, 0.05) is 0 Å². The average Bonchev–Trinajstić information content (AvgIpc) is 2.52. The second-order valence-corrected chi connectivity index (χ2v) is 5.05. The van der Waals surface area contributed by atoms with Crippen LogP contribution in [0.4, 0.5) is 0 Å². The van der Waals surface area contributed by atoms with Crippen LogP contribution in [0.5, 0.6) is 5.75 Å². The monoisotopic (exact) mass is 301 g/mol. The van der Waals surface area contributed by atoms with Crippen molar-refractivity contribution in [1.29, 1.82) is 0 Å². The number of amides is 1. The summed E-state index contributed by atoms with van der Waals surface area (Å²) >= 11 is 0. The number of fused-ring (bicyclic) bond motifs is 1. The summed E-state index contributed by atoms with van der Waals surface area (Å²) in [5.41, 5.74) is 0.842. The second-order valence-electron chi connectivity index (χ2n) is 5.05. The van der Waals surface area contributed by atoms with Crippen molar-refractivity contribution in [3.8, 4) is 5.75 Å². The van der Waals surface area contributed by atoms with Gasteiger partial charge in [-0.15, -0.1) is 0 Å². The number of hydrogen-bond acceptors (Lipinski definition) is 3. The molecule has 0 radical (unpaired) electrons. The van der Waals surface area contributed by atoms with Crippen molar-refractivity contribution in [3.63, 3.8) is 0 Å². The van der Waals surface area contributed by atoms with E-state index in [0.717, 1.165) is 22.1 Å². The Kier molecular flexibility index (Phi) is 4.99. The second kappa shape index (κ2) is 6.93. The highest BCUT2D eigenvalue weighted by Crippen LogP contribution is 2.24. The largest absolute Gasteiger partial charge is 0.497 e. The summed E-state index contributed by atoms with van der Waals surface area (Å²) in [6, 6.07) is 10.5. The highest BCUT2D eigenvalue weighted by molar-refractivity contribution is 5.92. The summed E-state index contributed by atoms with van der Waals surface area (Å²) in [6.45, 7) is 1.72. The van der Waals surface area contributed by atoms with Crippen LogP contribution in [-0.4, -0.2) is 30.1 Å². The van der Waals surface area contributed by atoms with Crippen LogP contribution in [0, 0.1) is 0 Å². The van der Waals surface area contributed by atoms with Crippen molar-refractivity contribution in [2.45, 2.75) is 25.8 Å². The maximum Gasteiger partial charge on any atom is 0.326 e. The van der Waals surface area contributed by atoms with E-state index in [1.54, 1.807) is 14.0 Å². The Bertz CT molecular complexity index is 696. The molecule has 0 aliphatic carbocycles.